The molecule has 0 spiro atoms. The molecule has 0 amide bonds. The van der Waals surface area contributed by atoms with Gasteiger partial charge < -0.3 is 75.7 Å². The molecule has 54 heavy (non-hydrogen) atoms. The second-order valence-corrected chi connectivity index (χ2v) is 11.5. The zero-order valence-electron chi connectivity index (χ0n) is 29.0. The topological polar surface area (TPSA) is 428 Å². The smallest absolute Gasteiger partial charge is 0.335 e. The number of unbranched alkanes of at least 4 members (excludes halogenated alkanes) is 3. The Kier molecular flexibility index (Phi) is 24.4. The van der Waals surface area contributed by atoms with Gasteiger partial charge in [0.25, 0.3) is 0 Å². The summed E-state index contributed by atoms with van der Waals surface area (Å²) in [7, 11) is 0. The number of rotatable bonds is 14. The Morgan fingerprint density at radius 2 is 1.04 bits per heavy atom. The summed E-state index contributed by atoms with van der Waals surface area (Å²) in [6.45, 7) is 0.281. The van der Waals surface area contributed by atoms with Crippen molar-refractivity contribution >= 4 is 76.3 Å². The predicted molar refractivity (Wildman–Crippen MR) is 211 cm³/mol. The zero-order chi connectivity index (χ0) is 41.2. The third-order valence-electron chi connectivity index (χ3n) is 6.09. The Balaban J connectivity index is 0.00000115. The Morgan fingerprint density at radius 1 is 0.667 bits per heavy atom. The maximum atomic E-state index is 10.1. The van der Waals surface area contributed by atoms with Crippen LogP contribution < -0.4 is 50.4 Å². The molecule has 0 radical (unpaired) electrons. The number of carboxylic acids is 1. The molecule has 22 nitrogen and oxygen atoms in total. The van der Waals surface area contributed by atoms with E-state index in [1.807, 2.05) is 5.32 Å². The largest absolute Gasteiger partial charge is 0.479 e. The molecule has 0 heterocycles. The first-order valence-electron chi connectivity index (χ1n) is 15.7. The van der Waals surface area contributed by atoms with E-state index in [2.05, 4.69) is 30.6 Å². The fourth-order valence-corrected chi connectivity index (χ4v) is 3.77. The van der Waals surface area contributed by atoms with Crippen LogP contribution in [0, 0.1) is 10.8 Å². The van der Waals surface area contributed by atoms with E-state index in [0.29, 0.717) is 23.1 Å². The van der Waals surface area contributed by atoms with E-state index in [4.69, 9.17) is 99.1 Å². The van der Waals surface area contributed by atoms with Crippen LogP contribution in [0.2, 0.25) is 10.0 Å². The van der Waals surface area contributed by atoms with Gasteiger partial charge in [0.2, 0.25) is 23.8 Å². The van der Waals surface area contributed by atoms with Gasteiger partial charge in [0.1, 0.15) is 18.3 Å². The molecule has 300 valence electrons. The highest BCUT2D eigenvalue weighted by Gasteiger charge is 2.33. The van der Waals surface area contributed by atoms with Crippen LogP contribution in [0.15, 0.2) is 68.5 Å². The molecule has 0 aliphatic rings. The number of hydrogen-bond acceptors (Lipinski definition) is 10. The normalized spacial score (nSPS) is 14.1. The van der Waals surface area contributed by atoms with E-state index in [0.717, 1.165) is 37.1 Å². The number of nitrogens with zero attached hydrogens (tertiary/aromatic N) is 4. The first kappa shape index (κ1) is 48.5. The number of anilines is 2. The minimum absolute atomic E-state index is 0.124. The van der Waals surface area contributed by atoms with Crippen molar-refractivity contribution in [2.75, 3.05) is 30.3 Å². The van der Waals surface area contributed by atoms with Crippen LogP contribution in [-0.2, 0) is 4.79 Å². The molecule has 0 aromatic heterocycles. The highest BCUT2D eigenvalue weighted by Crippen LogP contribution is 2.14. The van der Waals surface area contributed by atoms with Crippen molar-refractivity contribution in [2.45, 2.75) is 50.1 Å². The summed E-state index contributed by atoms with van der Waals surface area (Å²) in [5.74, 6) is -1.79. The Labute approximate surface area is 320 Å². The number of nitrogens with one attached hydrogen (secondary N) is 5. The molecule has 23 N–H and O–H groups in total. The SMILES string of the molecule is N=C(N)NC(=N)N.NC(=NCCCCCCN=C(N)N=C(N)Nc1ccc(Cl)cc1)N=C(N)Nc1ccc(Cl)cc1.O=C(O)[C@H](O)[C@@H](O)[C@H](O)[C@H](O)CO. The van der Waals surface area contributed by atoms with Gasteiger partial charge in [-0.2, -0.15) is 9.98 Å². The third kappa shape index (κ3) is 23.9. The van der Waals surface area contributed by atoms with Crippen molar-refractivity contribution in [3.05, 3.63) is 58.6 Å². The number of aliphatic hydroxyl groups excluding tert-OH is 5. The predicted octanol–water partition coefficient (Wildman–Crippen LogP) is -1.79. The zero-order valence-corrected chi connectivity index (χ0v) is 30.5. The van der Waals surface area contributed by atoms with Crippen molar-refractivity contribution in [3.8, 4) is 0 Å². The fourth-order valence-electron chi connectivity index (χ4n) is 3.51. The Bertz CT molecular complexity index is 1470. The standard InChI is InChI=1S/C22H30Cl2N10.C6H12O7.C2H7N5/c23-15-5-9-17(10-6-15)31-21(27)33-19(25)29-13-3-1-2-4-14-30-20(26)34-22(28)32-18-11-7-16(24)8-12-18;7-1-2(8)3(9)4(10)5(11)6(12)13;3-1(4)7-2(5)6/h5-12H,1-4,13-14H2,(H5,25,27,29,31,33)(H5,26,28,30,32,34);2-5,7-11H,1H2,(H,12,13);(H7,3,4,5,6,7)/t;2-,3-,4+,5-;/m.1./s1. The number of guanidine groups is 6. The number of carboxylic acid groups (broad SMARTS) is 1. The summed E-state index contributed by atoms with van der Waals surface area (Å²) in [6, 6.07) is 14.1. The van der Waals surface area contributed by atoms with Crippen LogP contribution in [-0.4, -0.2) is 116 Å². The van der Waals surface area contributed by atoms with Gasteiger partial charge in [-0.3, -0.25) is 26.1 Å². The molecular weight excluding hydrogens is 753 g/mol. The van der Waals surface area contributed by atoms with E-state index in [1.165, 1.54) is 0 Å². The van der Waals surface area contributed by atoms with Crippen LogP contribution in [0.3, 0.4) is 0 Å². The van der Waals surface area contributed by atoms with Crippen molar-refractivity contribution in [3.63, 3.8) is 0 Å². The number of aliphatic hydroxyl groups is 5. The lowest BCUT2D eigenvalue weighted by Crippen LogP contribution is -2.48. The molecule has 2 aromatic rings. The summed E-state index contributed by atoms with van der Waals surface area (Å²) in [5, 5.41) is 73.9. The molecule has 0 bridgehead atoms. The first-order chi connectivity index (χ1) is 25.4. The maximum absolute atomic E-state index is 10.1. The molecule has 0 aliphatic carbocycles. The maximum Gasteiger partial charge on any atom is 0.335 e. The highest BCUT2D eigenvalue weighted by molar-refractivity contribution is 6.31. The number of halogens is 2. The Morgan fingerprint density at radius 3 is 1.33 bits per heavy atom. The van der Waals surface area contributed by atoms with Crippen molar-refractivity contribution in [1.29, 1.82) is 10.8 Å². The van der Waals surface area contributed by atoms with Gasteiger partial charge in [0.05, 0.1) is 6.61 Å². The summed E-state index contributed by atoms with van der Waals surface area (Å²) in [4.78, 5) is 26.6. The number of aliphatic imine (C=N–C) groups is 4. The molecule has 24 heteroatoms. The van der Waals surface area contributed by atoms with E-state index in [-0.39, 0.29) is 35.8 Å². The number of benzene rings is 2. The van der Waals surface area contributed by atoms with E-state index >= 15 is 0 Å². The number of hydrogen-bond donors (Lipinski definition) is 17. The van der Waals surface area contributed by atoms with E-state index < -0.39 is 37.0 Å². The lowest BCUT2D eigenvalue weighted by atomic mass is 10.0. The summed E-state index contributed by atoms with van der Waals surface area (Å²) < 4.78 is 0. The second-order valence-electron chi connectivity index (χ2n) is 10.6. The molecule has 2 rings (SSSR count). The van der Waals surface area contributed by atoms with Crippen molar-refractivity contribution in [1.82, 2.24) is 5.32 Å². The lowest BCUT2D eigenvalue weighted by Gasteiger charge is -2.23. The highest BCUT2D eigenvalue weighted by atomic mass is 35.5. The quantitative estimate of drug-likeness (QED) is 0.0569. The molecule has 0 unspecified atom stereocenters. The van der Waals surface area contributed by atoms with Gasteiger partial charge in [0, 0.05) is 34.5 Å². The fraction of sp³-hybridized carbons (Fsp3) is 0.367. The van der Waals surface area contributed by atoms with Gasteiger partial charge in [-0.25, -0.2) is 4.79 Å². The Hall–Kier alpha value is -5.49. The summed E-state index contributed by atoms with van der Waals surface area (Å²) >= 11 is 11.7. The average Bonchev–Trinajstić information content (AvgIpc) is 3.09. The molecule has 2 aromatic carbocycles. The van der Waals surface area contributed by atoms with Gasteiger partial charge in [-0.05, 0) is 61.4 Å². The van der Waals surface area contributed by atoms with Crippen LogP contribution in [0.25, 0.3) is 0 Å². The summed E-state index contributed by atoms with van der Waals surface area (Å²) in [6.07, 6.45) is -4.15. The number of nitrogens with two attached hydrogens (primary N) is 6. The molecule has 0 aliphatic heterocycles. The minimum atomic E-state index is -2.20. The monoisotopic (exact) mass is 801 g/mol. The van der Waals surface area contributed by atoms with Gasteiger partial charge in [-0.15, -0.1) is 0 Å². The lowest BCUT2D eigenvalue weighted by molar-refractivity contribution is -0.164. The molecule has 4 atom stereocenters. The number of carbonyl (C=O) groups is 1. The minimum Gasteiger partial charge on any atom is -0.479 e. The molecule has 0 fully saturated rings. The van der Waals surface area contributed by atoms with E-state index in [9.17, 15) is 4.79 Å². The average molecular weight is 803 g/mol. The van der Waals surface area contributed by atoms with Crippen LogP contribution in [0.4, 0.5) is 11.4 Å². The first-order valence-corrected chi connectivity index (χ1v) is 16.5. The molecular formula is C30H49Cl2N15O7. The van der Waals surface area contributed by atoms with Gasteiger partial charge >= 0.3 is 5.97 Å². The number of aliphatic carboxylic acids is 1. The van der Waals surface area contributed by atoms with E-state index in [1.54, 1.807) is 48.5 Å². The van der Waals surface area contributed by atoms with Crippen molar-refractivity contribution in [2.24, 2.45) is 54.4 Å². The summed E-state index contributed by atoms with van der Waals surface area (Å²) in [5.41, 5.74) is 34.3. The van der Waals surface area contributed by atoms with Gasteiger partial charge in [-0.1, -0.05) is 36.0 Å². The second kappa shape index (κ2) is 27.2. The van der Waals surface area contributed by atoms with Gasteiger partial charge in [0.15, 0.2) is 18.0 Å². The third-order valence-corrected chi connectivity index (χ3v) is 6.60. The van der Waals surface area contributed by atoms with Crippen LogP contribution in [0.1, 0.15) is 25.7 Å². The van der Waals surface area contributed by atoms with Crippen molar-refractivity contribution < 1.29 is 35.4 Å². The molecule has 0 saturated heterocycles. The van der Waals surface area contributed by atoms with Crippen LogP contribution in [0.5, 0.6) is 0 Å². The van der Waals surface area contributed by atoms with Crippen LogP contribution >= 0.6 is 23.2 Å². The molecule has 0 saturated carbocycles.